The molecule has 1 aromatic heterocycles. The number of hydrogen-bond acceptors (Lipinski definition) is 6. The quantitative estimate of drug-likeness (QED) is 0.519. The first-order valence-electron chi connectivity index (χ1n) is 8.03. The summed E-state index contributed by atoms with van der Waals surface area (Å²) in [6.45, 7) is 4.61. The third-order valence-corrected chi connectivity index (χ3v) is 4.86. The number of carboxylic acids is 1. The van der Waals surface area contributed by atoms with Crippen molar-refractivity contribution in [1.29, 1.82) is 0 Å². The molecule has 0 saturated carbocycles. The number of carbonyl (C=O) groups excluding carboxylic acids is 2. The molecule has 27 heavy (non-hydrogen) atoms. The van der Waals surface area contributed by atoms with E-state index in [1.165, 1.54) is 24.3 Å². The van der Waals surface area contributed by atoms with E-state index >= 15 is 0 Å². The number of amides is 1. The van der Waals surface area contributed by atoms with E-state index in [0.717, 1.165) is 0 Å². The molecule has 2 rings (SSSR count). The molecule has 140 valence electrons. The Labute approximate surface area is 203 Å². The zero-order valence-corrected chi connectivity index (χ0v) is 19.6. The normalized spacial score (nSPS) is 13.4. The second-order valence-electron chi connectivity index (χ2n) is 6.57. The molecule has 0 spiro atoms. The van der Waals surface area contributed by atoms with Gasteiger partial charge in [0.2, 0.25) is 5.91 Å². The molecule has 0 fully saturated rings. The molecule has 2 unspecified atom stereocenters. The van der Waals surface area contributed by atoms with E-state index in [1.807, 2.05) is 0 Å². The van der Waals surface area contributed by atoms with Gasteiger partial charge in [0.25, 0.3) is 0 Å². The minimum absolute atomic E-state index is 0. The largest absolute Gasteiger partial charge is 1.00 e. The molecule has 1 heterocycles. The van der Waals surface area contributed by atoms with E-state index in [2.05, 4.69) is 10.3 Å². The summed E-state index contributed by atoms with van der Waals surface area (Å²) in [5.41, 5.74) is -0.416. The second kappa shape index (κ2) is 10.2. The second-order valence-corrected chi connectivity index (χ2v) is 7.43. The van der Waals surface area contributed by atoms with Crippen LogP contribution in [0.25, 0.3) is 10.6 Å². The number of thiazole rings is 1. The van der Waals surface area contributed by atoms with Crippen LogP contribution in [0.2, 0.25) is 0 Å². The Kier molecular flexibility index (Phi) is 9.20. The van der Waals surface area contributed by atoms with Crippen molar-refractivity contribution in [3.05, 3.63) is 41.2 Å². The van der Waals surface area contributed by atoms with Crippen LogP contribution in [0.1, 0.15) is 32.9 Å². The Balaban J connectivity index is 0.00000364. The first-order valence-corrected chi connectivity index (χ1v) is 8.91. The van der Waals surface area contributed by atoms with Crippen LogP contribution < -0.4 is 61.8 Å². The number of hydrogen-bond donors (Lipinski definition) is 2. The van der Waals surface area contributed by atoms with Crippen molar-refractivity contribution in [2.24, 2.45) is 0 Å². The van der Waals surface area contributed by atoms with Crippen molar-refractivity contribution < 1.29 is 75.6 Å². The van der Waals surface area contributed by atoms with Crippen molar-refractivity contribution in [2.45, 2.75) is 44.8 Å². The molecule has 0 radical (unpaired) electrons. The Bertz CT molecular complexity index is 810. The van der Waals surface area contributed by atoms with Crippen LogP contribution >= 0.6 is 11.3 Å². The van der Waals surface area contributed by atoms with E-state index < -0.39 is 35.3 Å². The predicted molar refractivity (Wildman–Crippen MR) is 93.8 cm³/mol. The molecule has 2 N–H and O–H groups in total. The van der Waals surface area contributed by atoms with Gasteiger partial charge in [-0.2, -0.15) is 0 Å². The SMILES string of the molecule is CC(O)CC(NC(=O)C(C)(C)c1csc(-c2ccccc2F)n1)C(=O)[O-].[K+]. The van der Waals surface area contributed by atoms with Crippen molar-refractivity contribution in [2.75, 3.05) is 0 Å². The van der Waals surface area contributed by atoms with Crippen LogP contribution in [0.4, 0.5) is 4.39 Å². The number of nitrogens with one attached hydrogen (secondary N) is 1. The van der Waals surface area contributed by atoms with Crippen LogP contribution in [0, 0.1) is 5.82 Å². The number of carbonyl (C=O) groups is 2. The minimum Gasteiger partial charge on any atom is -0.548 e. The van der Waals surface area contributed by atoms with Crippen molar-refractivity contribution >= 4 is 23.2 Å². The Morgan fingerprint density at radius 2 is 2.00 bits per heavy atom. The monoisotopic (exact) mass is 418 g/mol. The van der Waals surface area contributed by atoms with Crippen LogP contribution in [0.15, 0.2) is 29.6 Å². The molecule has 2 aromatic rings. The first-order chi connectivity index (χ1) is 12.1. The molecule has 0 bridgehead atoms. The summed E-state index contributed by atoms with van der Waals surface area (Å²) in [6.07, 6.45) is -1.07. The number of halogens is 1. The van der Waals surface area contributed by atoms with Gasteiger partial charge < -0.3 is 20.3 Å². The number of aliphatic hydroxyl groups is 1. The average Bonchev–Trinajstić information content (AvgIpc) is 3.04. The van der Waals surface area contributed by atoms with Crippen LogP contribution in [-0.4, -0.2) is 34.1 Å². The summed E-state index contributed by atoms with van der Waals surface area (Å²) in [4.78, 5) is 28.1. The zero-order valence-electron chi connectivity index (χ0n) is 15.7. The molecule has 6 nitrogen and oxygen atoms in total. The number of aliphatic carboxylic acids is 1. The van der Waals surface area contributed by atoms with Gasteiger partial charge in [-0.1, -0.05) is 12.1 Å². The van der Waals surface area contributed by atoms with Gasteiger partial charge in [0.05, 0.1) is 29.2 Å². The van der Waals surface area contributed by atoms with Gasteiger partial charge in [-0.15, -0.1) is 11.3 Å². The van der Waals surface area contributed by atoms with Gasteiger partial charge in [0.15, 0.2) is 0 Å². The minimum atomic E-state index is -1.47. The topological polar surface area (TPSA) is 102 Å². The third-order valence-electron chi connectivity index (χ3n) is 3.98. The molecule has 0 aliphatic carbocycles. The standard InChI is InChI=1S/C18H21FN2O4S.K/c1-10(22)8-13(16(23)24)20-17(25)18(2,3)14-9-26-15(21-14)11-6-4-5-7-12(11)19;/h4-7,9-10,13,22H,8H2,1-3H3,(H,20,25)(H,23,24);/q;+1/p-1. The number of carboxylic acid groups (broad SMARTS) is 1. The summed E-state index contributed by atoms with van der Waals surface area (Å²) in [6, 6.07) is 4.88. The molecule has 2 atom stereocenters. The van der Waals surface area contributed by atoms with Gasteiger partial charge in [-0.3, -0.25) is 4.79 Å². The third kappa shape index (κ3) is 6.15. The maximum absolute atomic E-state index is 13.9. The summed E-state index contributed by atoms with van der Waals surface area (Å²) in [7, 11) is 0. The Morgan fingerprint density at radius 1 is 1.37 bits per heavy atom. The van der Waals surface area contributed by atoms with Crippen LogP contribution in [0.5, 0.6) is 0 Å². The number of aliphatic hydroxyl groups excluding tert-OH is 1. The molecule has 1 aromatic carbocycles. The van der Waals surface area contributed by atoms with Gasteiger partial charge in [-0.25, -0.2) is 9.37 Å². The Hall–Kier alpha value is -0.684. The molecule has 0 aliphatic heterocycles. The number of nitrogens with zero attached hydrogens (tertiary/aromatic N) is 1. The van der Waals surface area contributed by atoms with Crippen LogP contribution in [0.3, 0.4) is 0 Å². The van der Waals surface area contributed by atoms with E-state index in [1.54, 1.807) is 37.4 Å². The van der Waals surface area contributed by atoms with E-state index in [9.17, 15) is 24.2 Å². The fraction of sp³-hybridized carbons (Fsp3) is 0.389. The summed E-state index contributed by atoms with van der Waals surface area (Å²) in [5, 5.41) is 25.0. The molecule has 9 heteroatoms. The molecule has 0 aliphatic rings. The van der Waals surface area contributed by atoms with Gasteiger partial charge in [0.1, 0.15) is 10.8 Å². The van der Waals surface area contributed by atoms with Gasteiger partial charge in [0, 0.05) is 10.9 Å². The molecule has 0 saturated heterocycles. The average molecular weight is 419 g/mol. The summed E-state index contributed by atoms with van der Waals surface area (Å²) in [5.74, 6) is -2.46. The molecular formula is C18H20FKN2O4S. The van der Waals surface area contributed by atoms with E-state index in [0.29, 0.717) is 16.3 Å². The fourth-order valence-corrected chi connectivity index (χ4v) is 3.34. The zero-order chi connectivity index (χ0) is 19.5. The number of aromatic nitrogens is 1. The maximum Gasteiger partial charge on any atom is 1.00 e. The molecule has 1 amide bonds. The van der Waals surface area contributed by atoms with Gasteiger partial charge >= 0.3 is 51.4 Å². The molecular weight excluding hydrogens is 398 g/mol. The van der Waals surface area contributed by atoms with E-state index in [4.69, 9.17) is 0 Å². The Morgan fingerprint density at radius 3 is 2.56 bits per heavy atom. The van der Waals surface area contributed by atoms with Crippen molar-refractivity contribution in [1.82, 2.24) is 10.3 Å². The summed E-state index contributed by atoms with van der Waals surface area (Å²) < 4.78 is 13.9. The smallest absolute Gasteiger partial charge is 0.548 e. The van der Waals surface area contributed by atoms with Crippen LogP contribution in [-0.2, 0) is 15.0 Å². The number of rotatable bonds is 7. The predicted octanol–water partition coefficient (Wildman–Crippen LogP) is -1.76. The first kappa shape index (κ1) is 24.4. The van der Waals surface area contributed by atoms with Crippen molar-refractivity contribution in [3.8, 4) is 10.6 Å². The fourth-order valence-electron chi connectivity index (χ4n) is 2.33. The number of benzene rings is 1. The van der Waals surface area contributed by atoms with E-state index in [-0.39, 0.29) is 57.8 Å². The van der Waals surface area contributed by atoms with Gasteiger partial charge in [-0.05, 0) is 39.3 Å². The van der Waals surface area contributed by atoms with Crippen molar-refractivity contribution in [3.63, 3.8) is 0 Å². The summed E-state index contributed by atoms with van der Waals surface area (Å²) >= 11 is 1.20. The maximum atomic E-state index is 13.9.